The maximum Gasteiger partial charge on any atom is 0.272 e. The summed E-state index contributed by atoms with van der Waals surface area (Å²) in [6.07, 6.45) is 1.04. The number of benzene rings is 1. The van der Waals surface area contributed by atoms with Crippen LogP contribution < -0.4 is 4.74 Å². The topological polar surface area (TPSA) is 72.6 Å². The van der Waals surface area contributed by atoms with Crippen molar-refractivity contribution in [2.45, 2.75) is 38.9 Å². The summed E-state index contributed by atoms with van der Waals surface area (Å²) in [4.78, 5) is 10.4. The van der Waals surface area contributed by atoms with Gasteiger partial charge >= 0.3 is 0 Å². The van der Waals surface area contributed by atoms with E-state index in [4.69, 9.17) is 9.84 Å². The lowest BCUT2D eigenvalue weighted by Gasteiger charge is -2.32. The van der Waals surface area contributed by atoms with Crippen LogP contribution in [-0.4, -0.2) is 22.2 Å². The Bertz CT molecular complexity index is 452. The van der Waals surface area contributed by atoms with Gasteiger partial charge in [0.15, 0.2) is 0 Å². The Hall–Kier alpha value is -1.62. The van der Waals surface area contributed by atoms with Gasteiger partial charge in [-0.1, -0.05) is 0 Å². The lowest BCUT2D eigenvalue weighted by atomic mass is 9.92. The molecule has 0 unspecified atom stereocenters. The normalized spacial score (nSPS) is 23.0. The first-order valence-electron chi connectivity index (χ1n) is 5.57. The van der Waals surface area contributed by atoms with E-state index in [0.717, 1.165) is 5.56 Å². The summed E-state index contributed by atoms with van der Waals surface area (Å²) in [6.45, 7) is 3.48. The van der Waals surface area contributed by atoms with Crippen LogP contribution in [-0.2, 0) is 0 Å². The molecule has 1 N–H and O–H groups in total. The zero-order chi connectivity index (χ0) is 12.6. The number of nitro benzene ring substituents is 1. The third-order valence-corrected chi connectivity index (χ3v) is 3.05. The van der Waals surface area contributed by atoms with Gasteiger partial charge in [0.2, 0.25) is 0 Å². The first kappa shape index (κ1) is 11.9. The highest BCUT2D eigenvalue weighted by atomic mass is 16.6. The molecule has 1 aromatic carbocycles. The summed E-state index contributed by atoms with van der Waals surface area (Å²) in [5.41, 5.74) is 1.46. The molecule has 0 aromatic heterocycles. The second kappa shape index (κ2) is 4.33. The molecule has 0 saturated heterocycles. The van der Waals surface area contributed by atoms with E-state index < -0.39 is 0 Å². The summed E-state index contributed by atoms with van der Waals surface area (Å²) in [5, 5.41) is 19.9. The first-order chi connectivity index (χ1) is 7.97. The third kappa shape index (κ3) is 2.39. The van der Waals surface area contributed by atoms with Crippen molar-refractivity contribution in [2.75, 3.05) is 0 Å². The van der Waals surface area contributed by atoms with E-state index in [1.807, 2.05) is 0 Å². The summed E-state index contributed by atoms with van der Waals surface area (Å²) in [7, 11) is 0. The second-order valence-corrected chi connectivity index (χ2v) is 4.53. The van der Waals surface area contributed by atoms with Gasteiger partial charge in [0, 0.05) is 24.5 Å². The molecule has 0 amide bonds. The standard InChI is InChI=1S/C12H15NO4/c1-7-4-12(17-10-5-9(14)6-10)8(2)3-11(7)13(15)16/h3-4,9-10,14H,5-6H2,1-2H3. The molecule has 0 radical (unpaired) electrons. The van der Waals surface area contributed by atoms with Gasteiger partial charge in [-0.05, 0) is 25.5 Å². The van der Waals surface area contributed by atoms with Crippen molar-refractivity contribution in [1.29, 1.82) is 0 Å². The lowest BCUT2D eigenvalue weighted by molar-refractivity contribution is -0.385. The summed E-state index contributed by atoms with van der Waals surface area (Å²) in [5.74, 6) is 0.671. The van der Waals surface area contributed by atoms with E-state index in [-0.39, 0.29) is 22.8 Å². The van der Waals surface area contributed by atoms with Gasteiger partial charge in [0.05, 0.1) is 11.0 Å². The smallest absolute Gasteiger partial charge is 0.272 e. The zero-order valence-electron chi connectivity index (χ0n) is 9.84. The van der Waals surface area contributed by atoms with Crippen molar-refractivity contribution in [3.63, 3.8) is 0 Å². The number of hydrogen-bond acceptors (Lipinski definition) is 4. The average molecular weight is 237 g/mol. The maximum absolute atomic E-state index is 10.7. The van der Waals surface area contributed by atoms with Gasteiger partial charge in [-0.15, -0.1) is 0 Å². The van der Waals surface area contributed by atoms with Gasteiger partial charge in [-0.3, -0.25) is 10.1 Å². The Kier molecular flexibility index (Phi) is 3.02. The van der Waals surface area contributed by atoms with Crippen molar-refractivity contribution >= 4 is 5.69 Å². The summed E-state index contributed by atoms with van der Waals surface area (Å²) < 4.78 is 5.68. The molecule has 0 atom stereocenters. The maximum atomic E-state index is 10.7. The molecule has 2 rings (SSSR count). The Labute approximate surface area is 99.2 Å². The molecule has 0 heterocycles. The number of ether oxygens (including phenoxy) is 1. The Morgan fingerprint density at radius 2 is 2.00 bits per heavy atom. The molecular formula is C12H15NO4. The van der Waals surface area contributed by atoms with Gasteiger partial charge in [-0.25, -0.2) is 0 Å². The molecule has 1 aliphatic carbocycles. The molecule has 5 heteroatoms. The van der Waals surface area contributed by atoms with Gasteiger partial charge in [-0.2, -0.15) is 0 Å². The van der Waals surface area contributed by atoms with Crippen LogP contribution in [0.2, 0.25) is 0 Å². The van der Waals surface area contributed by atoms with Crippen LogP contribution in [0.5, 0.6) is 5.75 Å². The van der Waals surface area contributed by atoms with Gasteiger partial charge in [0.25, 0.3) is 5.69 Å². The summed E-state index contributed by atoms with van der Waals surface area (Å²) >= 11 is 0. The van der Waals surface area contributed by atoms with Crippen LogP contribution in [0.3, 0.4) is 0 Å². The van der Waals surface area contributed by atoms with E-state index in [9.17, 15) is 10.1 Å². The highest BCUT2D eigenvalue weighted by Gasteiger charge is 2.29. The van der Waals surface area contributed by atoms with Crippen LogP contribution in [0.25, 0.3) is 0 Å². The second-order valence-electron chi connectivity index (χ2n) is 4.53. The molecule has 1 saturated carbocycles. The Morgan fingerprint density at radius 1 is 1.35 bits per heavy atom. The lowest BCUT2D eigenvalue weighted by Crippen LogP contribution is -2.37. The Balaban J connectivity index is 2.18. The molecule has 1 fully saturated rings. The third-order valence-electron chi connectivity index (χ3n) is 3.05. The number of aliphatic hydroxyl groups excluding tert-OH is 1. The molecule has 17 heavy (non-hydrogen) atoms. The molecule has 0 spiro atoms. The monoisotopic (exact) mass is 237 g/mol. The van der Waals surface area contributed by atoms with Crippen molar-refractivity contribution in [3.8, 4) is 5.75 Å². The predicted molar refractivity (Wildman–Crippen MR) is 62.2 cm³/mol. The van der Waals surface area contributed by atoms with E-state index in [1.54, 1.807) is 19.9 Å². The van der Waals surface area contributed by atoms with E-state index in [0.29, 0.717) is 24.2 Å². The molecule has 1 aromatic rings. The molecule has 5 nitrogen and oxygen atoms in total. The van der Waals surface area contributed by atoms with E-state index in [2.05, 4.69) is 0 Å². The first-order valence-corrected chi connectivity index (χ1v) is 5.57. The number of aliphatic hydroxyl groups is 1. The van der Waals surface area contributed by atoms with E-state index >= 15 is 0 Å². The van der Waals surface area contributed by atoms with Crippen LogP contribution in [0, 0.1) is 24.0 Å². The minimum Gasteiger partial charge on any atom is -0.490 e. The molecule has 92 valence electrons. The fraction of sp³-hybridized carbons (Fsp3) is 0.500. The van der Waals surface area contributed by atoms with Gasteiger partial charge < -0.3 is 9.84 Å². The van der Waals surface area contributed by atoms with Gasteiger partial charge in [0.1, 0.15) is 11.9 Å². The predicted octanol–water partition coefficient (Wildman–Crippen LogP) is 2.11. The highest BCUT2D eigenvalue weighted by molar-refractivity contribution is 5.49. The van der Waals surface area contributed by atoms with Crippen molar-refractivity contribution in [3.05, 3.63) is 33.4 Å². The number of nitrogens with zero attached hydrogens (tertiary/aromatic N) is 1. The van der Waals surface area contributed by atoms with Crippen molar-refractivity contribution < 1.29 is 14.8 Å². The molecule has 0 bridgehead atoms. The zero-order valence-corrected chi connectivity index (χ0v) is 9.84. The number of hydrogen-bond donors (Lipinski definition) is 1. The largest absolute Gasteiger partial charge is 0.490 e. The van der Waals surface area contributed by atoms with Crippen LogP contribution in [0.1, 0.15) is 24.0 Å². The molecular weight excluding hydrogens is 222 g/mol. The van der Waals surface area contributed by atoms with Crippen molar-refractivity contribution in [1.82, 2.24) is 0 Å². The average Bonchev–Trinajstić information content (AvgIpc) is 2.20. The number of rotatable bonds is 3. The highest BCUT2D eigenvalue weighted by Crippen LogP contribution is 2.31. The van der Waals surface area contributed by atoms with Crippen LogP contribution in [0.4, 0.5) is 5.69 Å². The SMILES string of the molecule is Cc1cc([N+](=O)[O-])c(C)cc1OC1CC(O)C1. The number of aryl methyl sites for hydroxylation is 2. The number of nitro groups is 1. The molecule has 1 aliphatic rings. The summed E-state index contributed by atoms with van der Waals surface area (Å²) in [6, 6.07) is 3.22. The minimum absolute atomic E-state index is 0.0320. The fourth-order valence-electron chi connectivity index (χ4n) is 1.91. The van der Waals surface area contributed by atoms with Crippen LogP contribution >= 0.6 is 0 Å². The van der Waals surface area contributed by atoms with Crippen LogP contribution in [0.15, 0.2) is 12.1 Å². The molecule has 0 aliphatic heterocycles. The minimum atomic E-state index is -0.390. The van der Waals surface area contributed by atoms with E-state index in [1.165, 1.54) is 6.07 Å². The fourth-order valence-corrected chi connectivity index (χ4v) is 1.91. The quantitative estimate of drug-likeness (QED) is 0.645. The Morgan fingerprint density at radius 3 is 2.53 bits per heavy atom. The van der Waals surface area contributed by atoms with Crippen molar-refractivity contribution in [2.24, 2.45) is 0 Å².